The highest BCUT2D eigenvalue weighted by Crippen LogP contribution is 2.22. The molecule has 11 heteroatoms. The Bertz CT molecular complexity index is 569. The largest absolute Gasteiger partial charge is 0.465 e. The van der Waals surface area contributed by atoms with Crippen molar-refractivity contribution in [3.63, 3.8) is 0 Å². The third-order valence-electron chi connectivity index (χ3n) is 2.48. The van der Waals surface area contributed by atoms with E-state index in [-0.39, 0.29) is 29.4 Å². The van der Waals surface area contributed by atoms with Gasteiger partial charge >= 0.3 is 5.97 Å². The van der Waals surface area contributed by atoms with E-state index in [0.29, 0.717) is 0 Å². The van der Waals surface area contributed by atoms with Gasteiger partial charge in [0, 0.05) is 20.7 Å². The van der Waals surface area contributed by atoms with Crippen LogP contribution in [-0.2, 0) is 31.3 Å². The second kappa shape index (κ2) is 7.82. The number of carbonyl (C=O) groups excluding carboxylic acids is 1. The average molecular weight is 385 g/mol. The summed E-state index contributed by atoms with van der Waals surface area (Å²) < 4.78 is 37.1. The summed E-state index contributed by atoms with van der Waals surface area (Å²) in [4.78, 5) is 11.6. The molecule has 0 aliphatic carbocycles. The van der Waals surface area contributed by atoms with Crippen LogP contribution in [0.15, 0.2) is 9.63 Å². The highest BCUT2D eigenvalue weighted by atomic mass is 79.9. The molecule has 1 aromatic heterocycles. The molecular weight excluding hydrogens is 368 g/mol. The first-order chi connectivity index (χ1) is 9.84. The Labute approximate surface area is 131 Å². The summed E-state index contributed by atoms with van der Waals surface area (Å²) in [5.41, 5.74) is 0. The third kappa shape index (κ3) is 4.46. The maximum Gasteiger partial charge on any atom is 0.321 e. The molecule has 0 fully saturated rings. The van der Waals surface area contributed by atoms with Crippen molar-refractivity contribution < 1.29 is 22.7 Å². The van der Waals surface area contributed by atoms with Gasteiger partial charge in [0.05, 0.1) is 13.2 Å². The molecule has 1 heterocycles. The van der Waals surface area contributed by atoms with Gasteiger partial charge in [-0.05, 0) is 22.9 Å². The SMILES string of the molecule is CCOC(=O)CN(CCOC)S(=O)(=O)c1c(Br)nnn1C. The lowest BCUT2D eigenvalue weighted by atomic mass is 10.6. The molecule has 0 saturated heterocycles. The molecule has 9 nitrogen and oxygen atoms in total. The second-order valence-electron chi connectivity index (χ2n) is 3.95. The Balaban J connectivity index is 3.08. The highest BCUT2D eigenvalue weighted by molar-refractivity contribution is 9.10. The van der Waals surface area contributed by atoms with E-state index in [1.165, 1.54) is 14.2 Å². The Morgan fingerprint density at radius 2 is 2.14 bits per heavy atom. The molecule has 0 bridgehead atoms. The number of esters is 1. The van der Waals surface area contributed by atoms with E-state index in [9.17, 15) is 13.2 Å². The molecule has 0 saturated carbocycles. The Kier molecular flexibility index (Phi) is 6.71. The average Bonchev–Trinajstić information content (AvgIpc) is 2.74. The second-order valence-corrected chi connectivity index (χ2v) is 6.55. The summed E-state index contributed by atoms with van der Waals surface area (Å²) in [6.07, 6.45) is 0. The molecular formula is C10H17BrN4O5S. The van der Waals surface area contributed by atoms with Crippen molar-refractivity contribution in [3.8, 4) is 0 Å². The number of halogens is 1. The van der Waals surface area contributed by atoms with E-state index in [1.54, 1.807) is 6.92 Å². The van der Waals surface area contributed by atoms with Crippen LogP contribution in [0.25, 0.3) is 0 Å². The number of aryl methyl sites for hydroxylation is 1. The molecule has 21 heavy (non-hydrogen) atoms. The van der Waals surface area contributed by atoms with Crippen molar-refractivity contribution in [2.45, 2.75) is 11.9 Å². The maximum atomic E-state index is 12.6. The third-order valence-corrected chi connectivity index (χ3v) is 5.21. The van der Waals surface area contributed by atoms with Crippen LogP contribution in [0.4, 0.5) is 0 Å². The normalized spacial score (nSPS) is 11.9. The molecule has 0 spiro atoms. The first kappa shape index (κ1) is 18.0. The fraction of sp³-hybridized carbons (Fsp3) is 0.700. The van der Waals surface area contributed by atoms with Crippen LogP contribution in [0.5, 0.6) is 0 Å². The zero-order valence-corrected chi connectivity index (χ0v) is 14.3. The molecule has 0 aliphatic heterocycles. The molecule has 0 radical (unpaired) electrons. The van der Waals surface area contributed by atoms with E-state index in [1.807, 2.05) is 0 Å². The van der Waals surface area contributed by atoms with Crippen LogP contribution >= 0.6 is 15.9 Å². The van der Waals surface area contributed by atoms with Crippen molar-refractivity contribution >= 4 is 31.9 Å². The molecule has 0 N–H and O–H groups in total. The number of sulfonamides is 1. The van der Waals surface area contributed by atoms with Gasteiger partial charge in [0.15, 0.2) is 4.60 Å². The first-order valence-corrected chi connectivity index (χ1v) is 8.27. The lowest BCUT2D eigenvalue weighted by Gasteiger charge is -2.20. The Morgan fingerprint density at radius 3 is 2.62 bits per heavy atom. The molecule has 1 rings (SSSR count). The van der Waals surface area contributed by atoms with Gasteiger partial charge in [0.1, 0.15) is 6.54 Å². The Hall–Kier alpha value is -1.04. The summed E-state index contributed by atoms with van der Waals surface area (Å²) in [6.45, 7) is 1.56. The number of hydrogen-bond donors (Lipinski definition) is 0. The number of methoxy groups -OCH3 is 1. The molecule has 1 aromatic rings. The molecule has 0 amide bonds. The van der Waals surface area contributed by atoms with E-state index >= 15 is 0 Å². The predicted molar refractivity (Wildman–Crippen MR) is 76.0 cm³/mol. The topological polar surface area (TPSA) is 104 Å². The molecule has 0 aliphatic rings. The summed E-state index contributed by atoms with van der Waals surface area (Å²) >= 11 is 3.04. The number of hydrogen-bond acceptors (Lipinski definition) is 7. The van der Waals surface area contributed by atoms with Crippen LogP contribution in [0.3, 0.4) is 0 Å². The van der Waals surface area contributed by atoms with E-state index in [0.717, 1.165) is 8.99 Å². The number of aromatic nitrogens is 3. The number of carbonyl (C=O) groups is 1. The fourth-order valence-electron chi connectivity index (χ4n) is 1.55. The quantitative estimate of drug-likeness (QED) is 0.570. The molecule has 120 valence electrons. The zero-order valence-electron chi connectivity index (χ0n) is 11.9. The standard InChI is InChI=1S/C10H17BrN4O5S/c1-4-20-8(16)7-15(5-6-19-3)21(17,18)10-9(11)12-13-14(10)2/h4-7H2,1-3H3. The smallest absolute Gasteiger partial charge is 0.321 e. The minimum Gasteiger partial charge on any atom is -0.465 e. The minimum absolute atomic E-state index is 0.00919. The summed E-state index contributed by atoms with van der Waals surface area (Å²) in [7, 11) is -1.07. The van der Waals surface area contributed by atoms with Gasteiger partial charge in [-0.1, -0.05) is 5.21 Å². The summed E-state index contributed by atoms with van der Waals surface area (Å²) in [6, 6.07) is 0. The van der Waals surface area contributed by atoms with Gasteiger partial charge in [-0.25, -0.2) is 13.1 Å². The van der Waals surface area contributed by atoms with Crippen molar-refractivity contribution in [2.24, 2.45) is 7.05 Å². The number of ether oxygens (including phenoxy) is 2. The van der Waals surface area contributed by atoms with Gasteiger partial charge in [0.2, 0.25) is 5.03 Å². The van der Waals surface area contributed by atoms with Crippen molar-refractivity contribution in [3.05, 3.63) is 4.60 Å². The van der Waals surface area contributed by atoms with Crippen LogP contribution in [0.2, 0.25) is 0 Å². The van der Waals surface area contributed by atoms with Crippen molar-refractivity contribution in [1.82, 2.24) is 19.3 Å². The van der Waals surface area contributed by atoms with Gasteiger partial charge in [0.25, 0.3) is 10.0 Å². The molecule has 0 aromatic carbocycles. The minimum atomic E-state index is -3.96. The van der Waals surface area contributed by atoms with Crippen LogP contribution in [-0.4, -0.2) is 67.1 Å². The van der Waals surface area contributed by atoms with Crippen LogP contribution < -0.4 is 0 Å². The van der Waals surface area contributed by atoms with E-state index < -0.39 is 22.5 Å². The van der Waals surface area contributed by atoms with E-state index in [4.69, 9.17) is 9.47 Å². The van der Waals surface area contributed by atoms with Gasteiger partial charge < -0.3 is 9.47 Å². The van der Waals surface area contributed by atoms with Crippen LogP contribution in [0.1, 0.15) is 6.92 Å². The molecule has 0 atom stereocenters. The summed E-state index contributed by atoms with van der Waals surface area (Å²) in [5.74, 6) is -0.636. The van der Waals surface area contributed by atoms with Gasteiger partial charge in [-0.2, -0.15) is 4.31 Å². The number of rotatable bonds is 8. The van der Waals surface area contributed by atoms with Crippen molar-refractivity contribution in [1.29, 1.82) is 0 Å². The molecule has 0 unspecified atom stereocenters. The van der Waals surface area contributed by atoms with Crippen LogP contribution in [0, 0.1) is 0 Å². The first-order valence-electron chi connectivity index (χ1n) is 6.04. The fourth-order valence-corrected chi connectivity index (χ4v) is 3.95. The maximum absolute atomic E-state index is 12.6. The lowest BCUT2D eigenvalue weighted by molar-refractivity contribution is -0.143. The highest BCUT2D eigenvalue weighted by Gasteiger charge is 2.32. The zero-order chi connectivity index (χ0) is 16.0. The predicted octanol–water partition coefficient (Wildman–Crippen LogP) is -0.222. The Morgan fingerprint density at radius 1 is 1.48 bits per heavy atom. The number of nitrogens with zero attached hydrogens (tertiary/aromatic N) is 4. The summed E-state index contributed by atoms with van der Waals surface area (Å²) in [5, 5.41) is 7.13. The van der Waals surface area contributed by atoms with Gasteiger partial charge in [-0.3, -0.25) is 4.79 Å². The van der Waals surface area contributed by atoms with Crippen molar-refractivity contribution in [2.75, 3.05) is 33.4 Å². The van der Waals surface area contributed by atoms with Gasteiger partial charge in [-0.15, -0.1) is 5.10 Å². The monoisotopic (exact) mass is 384 g/mol. The lowest BCUT2D eigenvalue weighted by Crippen LogP contribution is -2.39. The van der Waals surface area contributed by atoms with E-state index in [2.05, 4.69) is 26.2 Å².